The Balaban J connectivity index is 2.97. The van der Waals surface area contributed by atoms with Crippen LogP contribution in [-0.2, 0) is 4.84 Å². The summed E-state index contributed by atoms with van der Waals surface area (Å²) in [6.07, 6.45) is 0. The van der Waals surface area contributed by atoms with Crippen LogP contribution in [0.5, 0.6) is 0 Å². The second-order valence-corrected chi connectivity index (χ2v) is 2.35. The van der Waals surface area contributed by atoms with E-state index in [0.29, 0.717) is 13.2 Å². The number of rotatable bonds is 6. The highest BCUT2D eigenvalue weighted by atomic mass is 16.6. The van der Waals surface area contributed by atoms with Crippen LogP contribution in [0.25, 0.3) is 0 Å². The molecule has 0 rings (SSSR count). The molecule has 0 aromatic rings. The van der Waals surface area contributed by atoms with Gasteiger partial charge in [-0.05, 0) is 13.8 Å². The lowest BCUT2D eigenvalue weighted by Crippen LogP contribution is -2.22. The Morgan fingerprint density at radius 2 is 2.18 bits per heavy atom. The van der Waals surface area contributed by atoms with Crippen molar-refractivity contribution in [2.75, 3.05) is 26.3 Å². The van der Waals surface area contributed by atoms with Crippen molar-refractivity contribution in [3.05, 3.63) is 0 Å². The highest BCUT2D eigenvalue weighted by molar-refractivity contribution is 5.78. The summed E-state index contributed by atoms with van der Waals surface area (Å²) in [5, 5.41) is 15.1. The summed E-state index contributed by atoms with van der Waals surface area (Å²) in [4.78, 5) is 4.89. The molecule has 4 heteroatoms. The van der Waals surface area contributed by atoms with Gasteiger partial charge in [0.05, 0.1) is 12.3 Å². The molecule has 0 spiro atoms. The average molecular weight is 160 g/mol. The second-order valence-electron chi connectivity index (χ2n) is 2.35. The third kappa shape index (κ3) is 9.39. The molecule has 0 unspecified atom stereocenters. The van der Waals surface area contributed by atoms with Gasteiger partial charge >= 0.3 is 0 Å². The van der Waals surface area contributed by atoms with Gasteiger partial charge in [-0.25, -0.2) is 0 Å². The van der Waals surface area contributed by atoms with Crippen LogP contribution in [0, 0.1) is 0 Å². The minimum atomic E-state index is 0.163. The molecule has 0 aliphatic carbocycles. The van der Waals surface area contributed by atoms with Crippen molar-refractivity contribution in [2.45, 2.75) is 13.8 Å². The SMILES string of the molecule is CC(C)=NOCCNCCO. The Morgan fingerprint density at radius 1 is 1.45 bits per heavy atom. The van der Waals surface area contributed by atoms with Crippen molar-refractivity contribution in [3.8, 4) is 0 Å². The highest BCUT2D eigenvalue weighted by Gasteiger charge is 1.85. The summed E-state index contributed by atoms with van der Waals surface area (Å²) < 4.78 is 0. The van der Waals surface area contributed by atoms with Crippen molar-refractivity contribution >= 4 is 5.71 Å². The zero-order valence-corrected chi connectivity index (χ0v) is 7.13. The monoisotopic (exact) mass is 160 g/mol. The first-order valence-electron chi connectivity index (χ1n) is 3.72. The summed E-state index contributed by atoms with van der Waals surface area (Å²) in [5.41, 5.74) is 0.909. The smallest absolute Gasteiger partial charge is 0.129 e. The zero-order chi connectivity index (χ0) is 8.53. The molecule has 11 heavy (non-hydrogen) atoms. The summed E-state index contributed by atoms with van der Waals surface area (Å²) in [6.45, 7) is 5.79. The Bertz CT molecular complexity index is 111. The molecule has 66 valence electrons. The molecule has 0 amide bonds. The molecule has 2 N–H and O–H groups in total. The predicted molar refractivity (Wildman–Crippen MR) is 44.7 cm³/mol. The molecule has 0 aliphatic heterocycles. The maximum Gasteiger partial charge on any atom is 0.129 e. The van der Waals surface area contributed by atoms with Crippen LogP contribution in [0.2, 0.25) is 0 Å². The molecule has 0 bridgehead atoms. The minimum Gasteiger partial charge on any atom is -0.395 e. The summed E-state index contributed by atoms with van der Waals surface area (Å²) in [7, 11) is 0. The van der Waals surface area contributed by atoms with Gasteiger partial charge in [0.2, 0.25) is 0 Å². The van der Waals surface area contributed by atoms with E-state index in [4.69, 9.17) is 9.94 Å². The first-order valence-corrected chi connectivity index (χ1v) is 3.72. The molecule has 0 aliphatic rings. The lowest BCUT2D eigenvalue weighted by atomic mass is 10.5. The number of nitrogens with zero attached hydrogens (tertiary/aromatic N) is 1. The molecule has 4 nitrogen and oxygen atoms in total. The molecule has 0 aromatic carbocycles. The van der Waals surface area contributed by atoms with Gasteiger partial charge in [0.1, 0.15) is 6.61 Å². The fourth-order valence-electron chi connectivity index (χ4n) is 0.497. The molecule has 0 heterocycles. The van der Waals surface area contributed by atoms with E-state index in [1.54, 1.807) is 0 Å². The molecule has 0 atom stereocenters. The Kier molecular flexibility index (Phi) is 7.08. The standard InChI is InChI=1S/C7H16N2O2/c1-7(2)9-11-6-4-8-3-5-10/h8,10H,3-6H2,1-2H3. The highest BCUT2D eigenvalue weighted by Crippen LogP contribution is 1.77. The lowest BCUT2D eigenvalue weighted by molar-refractivity contribution is 0.144. The van der Waals surface area contributed by atoms with Gasteiger partial charge in [-0.15, -0.1) is 0 Å². The van der Waals surface area contributed by atoms with Gasteiger partial charge in [0, 0.05) is 13.1 Å². The lowest BCUT2D eigenvalue weighted by Gasteiger charge is -2.00. The van der Waals surface area contributed by atoms with Crippen LogP contribution in [0.15, 0.2) is 5.16 Å². The molecule has 0 saturated heterocycles. The maximum absolute atomic E-state index is 8.38. The summed E-state index contributed by atoms with van der Waals surface area (Å²) in [6, 6.07) is 0. The molecule has 0 radical (unpaired) electrons. The van der Waals surface area contributed by atoms with Crippen molar-refractivity contribution in [2.24, 2.45) is 5.16 Å². The maximum atomic E-state index is 8.38. The van der Waals surface area contributed by atoms with Crippen LogP contribution in [0.4, 0.5) is 0 Å². The Morgan fingerprint density at radius 3 is 2.73 bits per heavy atom. The van der Waals surface area contributed by atoms with Crippen LogP contribution < -0.4 is 5.32 Å². The fourth-order valence-corrected chi connectivity index (χ4v) is 0.497. The van der Waals surface area contributed by atoms with Gasteiger partial charge in [0.25, 0.3) is 0 Å². The fraction of sp³-hybridized carbons (Fsp3) is 0.857. The summed E-state index contributed by atoms with van der Waals surface area (Å²) in [5.74, 6) is 0. The van der Waals surface area contributed by atoms with Gasteiger partial charge < -0.3 is 15.3 Å². The second kappa shape index (κ2) is 7.50. The zero-order valence-electron chi connectivity index (χ0n) is 7.13. The molecule has 0 fully saturated rings. The molecular weight excluding hydrogens is 144 g/mol. The average Bonchev–Trinajstić information content (AvgIpc) is 1.96. The molecule has 0 saturated carbocycles. The normalized spacial score (nSPS) is 9.36. The van der Waals surface area contributed by atoms with Crippen LogP contribution in [0.1, 0.15) is 13.8 Å². The first kappa shape index (κ1) is 10.4. The number of hydrogen-bond acceptors (Lipinski definition) is 4. The van der Waals surface area contributed by atoms with E-state index in [2.05, 4.69) is 10.5 Å². The number of oxime groups is 1. The third-order valence-electron chi connectivity index (χ3n) is 0.906. The number of aliphatic hydroxyl groups excluding tert-OH is 1. The number of hydrogen-bond donors (Lipinski definition) is 2. The van der Waals surface area contributed by atoms with E-state index < -0.39 is 0 Å². The van der Waals surface area contributed by atoms with E-state index in [0.717, 1.165) is 12.3 Å². The molecular formula is C7H16N2O2. The van der Waals surface area contributed by atoms with Crippen molar-refractivity contribution in [1.29, 1.82) is 0 Å². The van der Waals surface area contributed by atoms with E-state index in [-0.39, 0.29) is 6.61 Å². The third-order valence-corrected chi connectivity index (χ3v) is 0.906. The van der Waals surface area contributed by atoms with Crippen LogP contribution in [-0.4, -0.2) is 37.1 Å². The van der Waals surface area contributed by atoms with Gasteiger partial charge in [-0.1, -0.05) is 5.16 Å². The van der Waals surface area contributed by atoms with E-state index in [1.165, 1.54) is 0 Å². The van der Waals surface area contributed by atoms with Gasteiger partial charge in [-0.3, -0.25) is 0 Å². The number of aliphatic hydroxyl groups is 1. The minimum absolute atomic E-state index is 0.163. The van der Waals surface area contributed by atoms with E-state index >= 15 is 0 Å². The van der Waals surface area contributed by atoms with E-state index in [9.17, 15) is 0 Å². The summed E-state index contributed by atoms with van der Waals surface area (Å²) >= 11 is 0. The van der Waals surface area contributed by atoms with E-state index in [1.807, 2.05) is 13.8 Å². The largest absolute Gasteiger partial charge is 0.395 e. The Hall–Kier alpha value is -0.610. The first-order chi connectivity index (χ1) is 5.27. The van der Waals surface area contributed by atoms with Gasteiger partial charge in [-0.2, -0.15) is 0 Å². The van der Waals surface area contributed by atoms with Crippen LogP contribution in [0.3, 0.4) is 0 Å². The van der Waals surface area contributed by atoms with Crippen LogP contribution >= 0.6 is 0 Å². The van der Waals surface area contributed by atoms with Crippen molar-refractivity contribution < 1.29 is 9.94 Å². The molecule has 0 aromatic heterocycles. The number of nitrogens with one attached hydrogen (secondary N) is 1. The Labute approximate surface area is 67.2 Å². The predicted octanol–water partition coefficient (Wildman–Crippen LogP) is -0.0193. The van der Waals surface area contributed by atoms with Crippen molar-refractivity contribution in [3.63, 3.8) is 0 Å². The van der Waals surface area contributed by atoms with Crippen molar-refractivity contribution in [1.82, 2.24) is 5.32 Å². The van der Waals surface area contributed by atoms with Gasteiger partial charge in [0.15, 0.2) is 0 Å². The quantitative estimate of drug-likeness (QED) is 0.326. The topological polar surface area (TPSA) is 53.8 Å².